The maximum atomic E-state index is 13.4. The van der Waals surface area contributed by atoms with Crippen LogP contribution in [-0.4, -0.2) is 22.4 Å². The predicted molar refractivity (Wildman–Crippen MR) is 128 cm³/mol. The van der Waals surface area contributed by atoms with Gasteiger partial charge in [0.1, 0.15) is 5.82 Å². The number of nitrogens with one attached hydrogen (secondary N) is 2. The average molecular weight is 452 g/mol. The number of hydrogen-bond acceptors (Lipinski definition) is 5. The van der Waals surface area contributed by atoms with Crippen molar-refractivity contribution in [2.75, 3.05) is 11.9 Å². The summed E-state index contributed by atoms with van der Waals surface area (Å²) in [6, 6.07) is 25.0. The lowest BCUT2D eigenvalue weighted by molar-refractivity contribution is 0.0951. The standard InChI is InChI=1S/C27H22FN5O/c28-23-8-4-7-19(15-23)13-14-30-27-32-18-24(26(34)31-17-21-5-2-1-3-6-21)25(33-27)22-11-9-20(16-29)10-12-22/h1-12,15,18H,13-14,17H2,(H,31,34)(H,30,32,33). The molecule has 3 aromatic carbocycles. The van der Waals surface area contributed by atoms with Gasteiger partial charge < -0.3 is 10.6 Å². The minimum Gasteiger partial charge on any atom is -0.354 e. The van der Waals surface area contributed by atoms with Gasteiger partial charge in [-0.3, -0.25) is 4.79 Å². The first-order chi connectivity index (χ1) is 16.6. The zero-order valence-electron chi connectivity index (χ0n) is 18.3. The summed E-state index contributed by atoms with van der Waals surface area (Å²) < 4.78 is 13.4. The van der Waals surface area contributed by atoms with Gasteiger partial charge >= 0.3 is 0 Å². The van der Waals surface area contributed by atoms with E-state index in [4.69, 9.17) is 5.26 Å². The summed E-state index contributed by atoms with van der Waals surface area (Å²) in [6.07, 6.45) is 2.08. The maximum Gasteiger partial charge on any atom is 0.255 e. The number of anilines is 1. The highest BCUT2D eigenvalue weighted by molar-refractivity contribution is 5.99. The normalized spacial score (nSPS) is 10.4. The molecule has 34 heavy (non-hydrogen) atoms. The minimum absolute atomic E-state index is 0.275. The maximum absolute atomic E-state index is 13.4. The van der Waals surface area contributed by atoms with Gasteiger partial charge in [0.25, 0.3) is 5.91 Å². The van der Waals surface area contributed by atoms with E-state index in [1.165, 1.54) is 18.3 Å². The van der Waals surface area contributed by atoms with Gasteiger partial charge in [0, 0.05) is 24.8 Å². The lowest BCUT2D eigenvalue weighted by atomic mass is 10.0. The van der Waals surface area contributed by atoms with Gasteiger partial charge in [0.2, 0.25) is 5.95 Å². The first-order valence-electron chi connectivity index (χ1n) is 10.8. The molecule has 0 aliphatic rings. The molecule has 1 heterocycles. The van der Waals surface area contributed by atoms with Crippen molar-refractivity contribution in [1.82, 2.24) is 15.3 Å². The Hall–Kier alpha value is -4.57. The first-order valence-corrected chi connectivity index (χ1v) is 10.8. The second-order valence-electron chi connectivity index (χ2n) is 7.62. The SMILES string of the molecule is N#Cc1ccc(-c2nc(NCCc3cccc(F)c3)ncc2C(=O)NCc2ccccc2)cc1. The number of nitriles is 1. The van der Waals surface area contributed by atoms with Crippen LogP contribution in [0, 0.1) is 17.1 Å². The molecule has 4 rings (SSSR count). The Bertz CT molecular complexity index is 1320. The zero-order chi connectivity index (χ0) is 23.8. The van der Waals surface area contributed by atoms with Gasteiger partial charge in [-0.05, 0) is 41.8 Å². The summed E-state index contributed by atoms with van der Waals surface area (Å²) >= 11 is 0. The third-order valence-electron chi connectivity index (χ3n) is 5.20. The molecule has 0 bridgehead atoms. The molecule has 0 fully saturated rings. The van der Waals surface area contributed by atoms with E-state index in [1.807, 2.05) is 36.4 Å². The van der Waals surface area contributed by atoms with E-state index >= 15 is 0 Å². The molecule has 0 saturated heterocycles. The van der Waals surface area contributed by atoms with Crippen LogP contribution in [0.5, 0.6) is 0 Å². The van der Waals surface area contributed by atoms with Crippen molar-refractivity contribution in [3.63, 3.8) is 0 Å². The van der Waals surface area contributed by atoms with E-state index in [-0.39, 0.29) is 11.7 Å². The number of rotatable bonds is 8. The molecular weight excluding hydrogens is 429 g/mol. The number of carbonyl (C=O) groups excluding carboxylic acids is 1. The molecule has 168 valence electrons. The Morgan fingerprint density at radius 1 is 0.971 bits per heavy atom. The monoisotopic (exact) mass is 451 g/mol. The molecular formula is C27H22FN5O. The predicted octanol–water partition coefficient (Wildman–Crippen LogP) is 4.74. The summed E-state index contributed by atoms with van der Waals surface area (Å²) in [5.41, 5.74) is 3.83. The number of benzene rings is 3. The minimum atomic E-state index is -0.297. The molecule has 0 atom stereocenters. The van der Waals surface area contributed by atoms with Crippen molar-refractivity contribution in [1.29, 1.82) is 5.26 Å². The van der Waals surface area contributed by atoms with Crippen molar-refractivity contribution < 1.29 is 9.18 Å². The second kappa shape index (κ2) is 10.8. The van der Waals surface area contributed by atoms with Gasteiger partial charge in [0.15, 0.2) is 0 Å². The quantitative estimate of drug-likeness (QED) is 0.404. The van der Waals surface area contributed by atoms with Crippen LogP contribution < -0.4 is 10.6 Å². The third kappa shape index (κ3) is 5.81. The summed E-state index contributed by atoms with van der Waals surface area (Å²) in [5, 5.41) is 15.1. The zero-order valence-corrected chi connectivity index (χ0v) is 18.3. The van der Waals surface area contributed by atoms with Crippen molar-refractivity contribution in [3.8, 4) is 17.3 Å². The number of hydrogen-bond donors (Lipinski definition) is 2. The molecule has 0 radical (unpaired) electrons. The van der Waals surface area contributed by atoms with Crippen molar-refractivity contribution in [3.05, 3.63) is 113 Å². The molecule has 6 nitrogen and oxygen atoms in total. The average Bonchev–Trinajstić information content (AvgIpc) is 2.88. The van der Waals surface area contributed by atoms with Gasteiger partial charge in [-0.2, -0.15) is 5.26 Å². The van der Waals surface area contributed by atoms with E-state index < -0.39 is 0 Å². The fourth-order valence-electron chi connectivity index (χ4n) is 3.44. The van der Waals surface area contributed by atoms with Crippen LogP contribution in [0.3, 0.4) is 0 Å². The van der Waals surface area contributed by atoms with Crippen LogP contribution >= 0.6 is 0 Å². The summed E-state index contributed by atoms with van der Waals surface area (Å²) in [4.78, 5) is 21.9. The van der Waals surface area contributed by atoms with E-state index in [0.29, 0.717) is 47.8 Å². The van der Waals surface area contributed by atoms with Crippen LogP contribution in [0.25, 0.3) is 11.3 Å². The molecule has 2 N–H and O–H groups in total. The highest BCUT2D eigenvalue weighted by Crippen LogP contribution is 2.23. The number of carbonyl (C=O) groups is 1. The molecule has 1 amide bonds. The Morgan fingerprint density at radius 2 is 1.74 bits per heavy atom. The van der Waals surface area contributed by atoms with Crippen molar-refractivity contribution >= 4 is 11.9 Å². The molecule has 0 aliphatic carbocycles. The molecule has 0 saturated carbocycles. The van der Waals surface area contributed by atoms with Gasteiger partial charge in [0.05, 0.1) is 22.9 Å². The van der Waals surface area contributed by atoms with Gasteiger partial charge in [-0.15, -0.1) is 0 Å². The van der Waals surface area contributed by atoms with Crippen LogP contribution in [0.2, 0.25) is 0 Å². The Balaban J connectivity index is 1.54. The van der Waals surface area contributed by atoms with Gasteiger partial charge in [-0.25, -0.2) is 14.4 Å². The topological polar surface area (TPSA) is 90.7 Å². The lowest BCUT2D eigenvalue weighted by Gasteiger charge is -2.12. The Morgan fingerprint density at radius 3 is 2.47 bits per heavy atom. The van der Waals surface area contributed by atoms with E-state index in [1.54, 1.807) is 30.3 Å². The number of aromatic nitrogens is 2. The number of nitrogens with zero attached hydrogens (tertiary/aromatic N) is 3. The lowest BCUT2D eigenvalue weighted by Crippen LogP contribution is -2.24. The molecule has 0 aliphatic heterocycles. The molecule has 0 unspecified atom stereocenters. The highest BCUT2D eigenvalue weighted by atomic mass is 19.1. The molecule has 4 aromatic rings. The fourth-order valence-corrected chi connectivity index (χ4v) is 3.44. The summed E-state index contributed by atoms with van der Waals surface area (Å²) in [7, 11) is 0. The van der Waals surface area contributed by atoms with E-state index in [9.17, 15) is 9.18 Å². The molecule has 7 heteroatoms. The Labute approximate surface area is 197 Å². The number of amides is 1. The van der Waals surface area contributed by atoms with Crippen LogP contribution in [0.1, 0.15) is 27.0 Å². The summed E-state index contributed by atoms with van der Waals surface area (Å²) in [6.45, 7) is 0.871. The largest absolute Gasteiger partial charge is 0.354 e. The smallest absolute Gasteiger partial charge is 0.255 e. The molecule has 0 spiro atoms. The van der Waals surface area contributed by atoms with Crippen LogP contribution in [0.4, 0.5) is 10.3 Å². The van der Waals surface area contributed by atoms with Crippen molar-refractivity contribution in [2.45, 2.75) is 13.0 Å². The van der Waals surface area contributed by atoms with Crippen LogP contribution in [-0.2, 0) is 13.0 Å². The van der Waals surface area contributed by atoms with E-state index in [0.717, 1.165) is 11.1 Å². The number of halogens is 1. The molecule has 1 aromatic heterocycles. The van der Waals surface area contributed by atoms with Crippen molar-refractivity contribution in [2.24, 2.45) is 0 Å². The summed E-state index contributed by atoms with van der Waals surface area (Å²) in [5.74, 6) is -0.215. The van der Waals surface area contributed by atoms with Crippen LogP contribution in [0.15, 0.2) is 85.1 Å². The third-order valence-corrected chi connectivity index (χ3v) is 5.20. The highest BCUT2D eigenvalue weighted by Gasteiger charge is 2.16. The fraction of sp³-hybridized carbons (Fsp3) is 0.111. The van der Waals surface area contributed by atoms with Gasteiger partial charge in [-0.1, -0.05) is 54.6 Å². The van der Waals surface area contributed by atoms with E-state index in [2.05, 4.69) is 26.7 Å². The Kier molecular flexibility index (Phi) is 7.21. The second-order valence-corrected chi connectivity index (χ2v) is 7.62. The first kappa shape index (κ1) is 22.6.